The number of carbonyl (C=O) groups is 1. The number of ketones is 1. The zero-order valence-corrected chi connectivity index (χ0v) is 11.1. The van der Waals surface area contributed by atoms with Crippen LogP contribution in [0.15, 0.2) is 53.6 Å². The van der Waals surface area contributed by atoms with Crippen molar-refractivity contribution in [2.75, 3.05) is 0 Å². The first kappa shape index (κ1) is 12.8. The van der Waals surface area contributed by atoms with E-state index < -0.39 is 0 Å². The summed E-state index contributed by atoms with van der Waals surface area (Å²) in [6.07, 6.45) is 2.16. The highest BCUT2D eigenvalue weighted by atomic mass is 32.2. The van der Waals surface area contributed by atoms with E-state index in [1.54, 1.807) is 24.9 Å². The fraction of sp³-hybridized carbons (Fsp3) is 0.200. The molecular formula is C15H15NOS. The highest BCUT2D eigenvalue weighted by Crippen LogP contribution is 2.25. The van der Waals surface area contributed by atoms with Crippen LogP contribution in [0, 0.1) is 0 Å². The second kappa shape index (κ2) is 6.36. The van der Waals surface area contributed by atoms with Crippen molar-refractivity contribution in [1.29, 1.82) is 0 Å². The van der Waals surface area contributed by atoms with E-state index in [9.17, 15) is 4.79 Å². The van der Waals surface area contributed by atoms with Gasteiger partial charge in [0.05, 0.1) is 5.69 Å². The molecule has 0 aliphatic heterocycles. The molecule has 2 rings (SSSR count). The Morgan fingerprint density at radius 1 is 1.17 bits per heavy atom. The van der Waals surface area contributed by atoms with E-state index in [1.807, 2.05) is 30.3 Å². The summed E-state index contributed by atoms with van der Waals surface area (Å²) < 4.78 is 0. The monoisotopic (exact) mass is 257 g/mol. The lowest BCUT2D eigenvalue weighted by Crippen LogP contribution is -2.00. The Morgan fingerprint density at radius 3 is 2.67 bits per heavy atom. The molecule has 0 spiro atoms. The first-order chi connectivity index (χ1) is 8.75. The Hall–Kier alpha value is -1.61. The molecule has 0 fully saturated rings. The van der Waals surface area contributed by atoms with Crippen molar-refractivity contribution in [3.8, 4) is 0 Å². The summed E-state index contributed by atoms with van der Waals surface area (Å²) in [4.78, 5) is 16.6. The van der Waals surface area contributed by atoms with Crippen molar-refractivity contribution >= 4 is 17.5 Å². The molecule has 0 aliphatic carbocycles. The van der Waals surface area contributed by atoms with Gasteiger partial charge in [0, 0.05) is 23.3 Å². The topological polar surface area (TPSA) is 30.0 Å². The summed E-state index contributed by atoms with van der Waals surface area (Å²) in [6.45, 7) is 1.60. The maximum Gasteiger partial charge on any atom is 0.135 e. The predicted octanol–water partition coefficient (Wildman–Crippen LogP) is 3.51. The molecule has 2 aromatic rings. The Balaban J connectivity index is 2.07. The third-order valence-corrected chi connectivity index (χ3v) is 3.66. The minimum Gasteiger partial charge on any atom is -0.300 e. The molecule has 92 valence electrons. The normalized spacial score (nSPS) is 10.3. The van der Waals surface area contributed by atoms with E-state index in [0.29, 0.717) is 6.42 Å². The van der Waals surface area contributed by atoms with Crippen molar-refractivity contribution in [1.82, 2.24) is 4.98 Å². The molecule has 1 aromatic carbocycles. The summed E-state index contributed by atoms with van der Waals surface area (Å²) in [5, 5.41) is 0. The lowest BCUT2D eigenvalue weighted by atomic mass is 10.2. The third kappa shape index (κ3) is 3.70. The van der Waals surface area contributed by atoms with Crippen LogP contribution in [0.5, 0.6) is 0 Å². The van der Waals surface area contributed by atoms with Crippen LogP contribution in [0.3, 0.4) is 0 Å². The maximum atomic E-state index is 11.2. The second-order valence-corrected chi connectivity index (χ2v) is 5.12. The van der Waals surface area contributed by atoms with Gasteiger partial charge in [-0.05, 0) is 24.6 Å². The van der Waals surface area contributed by atoms with Crippen molar-refractivity contribution in [3.63, 3.8) is 0 Å². The van der Waals surface area contributed by atoms with E-state index >= 15 is 0 Å². The van der Waals surface area contributed by atoms with Gasteiger partial charge >= 0.3 is 0 Å². The average molecular weight is 257 g/mol. The number of hydrogen-bond acceptors (Lipinski definition) is 3. The van der Waals surface area contributed by atoms with Gasteiger partial charge in [-0.3, -0.25) is 9.78 Å². The van der Waals surface area contributed by atoms with Crippen molar-refractivity contribution in [2.45, 2.75) is 24.0 Å². The molecule has 0 radical (unpaired) electrons. The Bertz CT molecular complexity index is 525. The van der Waals surface area contributed by atoms with Crippen LogP contribution >= 0.6 is 11.8 Å². The van der Waals surface area contributed by atoms with Gasteiger partial charge in [0.2, 0.25) is 0 Å². The number of aromatic nitrogens is 1. The first-order valence-electron chi connectivity index (χ1n) is 5.86. The largest absolute Gasteiger partial charge is 0.300 e. The molecule has 1 aromatic heterocycles. The summed E-state index contributed by atoms with van der Waals surface area (Å²) in [5.74, 6) is 1.05. The quantitative estimate of drug-likeness (QED) is 0.768. The predicted molar refractivity (Wildman–Crippen MR) is 74.6 cm³/mol. The second-order valence-electron chi connectivity index (χ2n) is 4.10. The summed E-state index contributed by atoms with van der Waals surface area (Å²) in [6, 6.07) is 14.2. The third-order valence-electron chi connectivity index (χ3n) is 2.50. The number of nitrogens with zero attached hydrogens (tertiary/aromatic N) is 1. The lowest BCUT2D eigenvalue weighted by Gasteiger charge is -2.06. The molecule has 0 bridgehead atoms. The van der Waals surface area contributed by atoms with Gasteiger partial charge in [-0.1, -0.05) is 30.3 Å². The van der Waals surface area contributed by atoms with Gasteiger partial charge in [0.25, 0.3) is 0 Å². The van der Waals surface area contributed by atoms with Crippen molar-refractivity contribution < 1.29 is 4.79 Å². The average Bonchev–Trinajstić information content (AvgIpc) is 2.38. The van der Waals surface area contributed by atoms with Gasteiger partial charge in [-0.25, -0.2) is 0 Å². The van der Waals surface area contributed by atoms with Gasteiger partial charge in [0.15, 0.2) is 0 Å². The zero-order chi connectivity index (χ0) is 12.8. The Labute approximate surface area is 111 Å². The molecule has 0 N–H and O–H groups in total. The first-order valence-corrected chi connectivity index (χ1v) is 6.84. The standard InChI is InChI=1S/C15H15NOS/c1-12(17)10-14-15(8-5-9-16-14)18-11-13-6-3-2-4-7-13/h2-9H,10-11H2,1H3. The molecule has 0 amide bonds. The zero-order valence-electron chi connectivity index (χ0n) is 10.3. The Morgan fingerprint density at radius 2 is 1.94 bits per heavy atom. The maximum absolute atomic E-state index is 11.2. The molecule has 0 unspecified atom stereocenters. The fourth-order valence-electron chi connectivity index (χ4n) is 1.66. The minimum absolute atomic E-state index is 0.148. The summed E-state index contributed by atoms with van der Waals surface area (Å²) in [5.41, 5.74) is 2.16. The molecule has 2 nitrogen and oxygen atoms in total. The van der Waals surface area contributed by atoms with Crippen LogP contribution in [-0.2, 0) is 17.0 Å². The van der Waals surface area contributed by atoms with Crippen molar-refractivity contribution in [3.05, 3.63) is 59.9 Å². The van der Waals surface area contributed by atoms with E-state index in [2.05, 4.69) is 17.1 Å². The molecule has 1 heterocycles. The van der Waals surface area contributed by atoms with Crippen LogP contribution in [0.2, 0.25) is 0 Å². The van der Waals surface area contributed by atoms with E-state index in [0.717, 1.165) is 16.3 Å². The number of carbonyl (C=O) groups excluding carboxylic acids is 1. The van der Waals surface area contributed by atoms with Crippen LogP contribution in [0.25, 0.3) is 0 Å². The van der Waals surface area contributed by atoms with Crippen LogP contribution in [0.1, 0.15) is 18.2 Å². The number of benzene rings is 1. The number of thioether (sulfide) groups is 1. The number of hydrogen-bond donors (Lipinski definition) is 0. The molecule has 18 heavy (non-hydrogen) atoms. The molecular weight excluding hydrogens is 242 g/mol. The van der Waals surface area contributed by atoms with Crippen LogP contribution < -0.4 is 0 Å². The molecule has 0 atom stereocenters. The van der Waals surface area contributed by atoms with Gasteiger partial charge in [-0.2, -0.15) is 0 Å². The molecule has 0 saturated heterocycles. The van der Waals surface area contributed by atoms with Crippen LogP contribution in [-0.4, -0.2) is 10.8 Å². The summed E-state index contributed by atoms with van der Waals surface area (Å²) >= 11 is 1.73. The molecule has 0 aliphatic rings. The highest BCUT2D eigenvalue weighted by molar-refractivity contribution is 7.98. The Kier molecular flexibility index (Phi) is 4.53. The van der Waals surface area contributed by atoms with E-state index in [1.165, 1.54) is 5.56 Å². The highest BCUT2D eigenvalue weighted by Gasteiger charge is 2.06. The number of Topliss-reactive ketones (excluding diaryl/α,β-unsaturated/α-hetero) is 1. The summed E-state index contributed by atoms with van der Waals surface area (Å²) in [7, 11) is 0. The lowest BCUT2D eigenvalue weighted by molar-refractivity contribution is -0.116. The minimum atomic E-state index is 0.148. The molecule has 0 saturated carbocycles. The smallest absolute Gasteiger partial charge is 0.135 e. The van der Waals surface area contributed by atoms with Gasteiger partial charge in [-0.15, -0.1) is 11.8 Å². The SMILES string of the molecule is CC(=O)Cc1ncccc1SCc1ccccc1. The van der Waals surface area contributed by atoms with Gasteiger partial charge in [0.1, 0.15) is 5.78 Å². The van der Waals surface area contributed by atoms with Crippen molar-refractivity contribution in [2.24, 2.45) is 0 Å². The van der Waals surface area contributed by atoms with E-state index in [-0.39, 0.29) is 5.78 Å². The molecule has 3 heteroatoms. The van der Waals surface area contributed by atoms with E-state index in [4.69, 9.17) is 0 Å². The van der Waals surface area contributed by atoms with Crippen LogP contribution in [0.4, 0.5) is 0 Å². The number of rotatable bonds is 5. The number of pyridine rings is 1. The van der Waals surface area contributed by atoms with Gasteiger partial charge < -0.3 is 0 Å². The fourth-order valence-corrected chi connectivity index (χ4v) is 2.64.